The minimum Gasteiger partial charge on any atom is -0.462 e. The first-order valence-electron chi connectivity index (χ1n) is 5.30. The lowest BCUT2D eigenvalue weighted by molar-refractivity contribution is 0.0520. The normalized spacial score (nSPS) is 10.4. The molecule has 1 aromatic carbocycles. The van der Waals surface area contributed by atoms with Crippen molar-refractivity contribution in [1.82, 2.24) is 9.78 Å². The lowest BCUT2D eigenvalue weighted by Crippen LogP contribution is -2.07. The van der Waals surface area contributed by atoms with Gasteiger partial charge in [0.15, 0.2) is 0 Å². The van der Waals surface area contributed by atoms with Crippen LogP contribution in [0.4, 0.5) is 4.39 Å². The van der Waals surface area contributed by atoms with E-state index in [0.29, 0.717) is 10.7 Å². The van der Waals surface area contributed by atoms with Gasteiger partial charge in [0.2, 0.25) is 5.95 Å². The van der Waals surface area contributed by atoms with Crippen LogP contribution in [0, 0.1) is 5.95 Å². The topological polar surface area (TPSA) is 44.1 Å². The maximum atomic E-state index is 14.0. The highest BCUT2D eigenvalue weighted by Gasteiger charge is 2.19. The van der Waals surface area contributed by atoms with Gasteiger partial charge in [0.25, 0.3) is 0 Å². The highest BCUT2D eigenvalue weighted by molar-refractivity contribution is 6.30. The molecule has 94 valence electrons. The molecule has 4 nitrogen and oxygen atoms in total. The van der Waals surface area contributed by atoms with Gasteiger partial charge < -0.3 is 4.74 Å². The molecule has 0 unspecified atom stereocenters. The molecule has 2 aromatic rings. The van der Waals surface area contributed by atoms with Gasteiger partial charge in [-0.3, -0.25) is 0 Å². The van der Waals surface area contributed by atoms with Crippen molar-refractivity contribution in [3.05, 3.63) is 47.0 Å². The van der Waals surface area contributed by atoms with Crippen molar-refractivity contribution in [1.29, 1.82) is 0 Å². The second kappa shape index (κ2) is 5.18. The summed E-state index contributed by atoms with van der Waals surface area (Å²) in [7, 11) is 0. The quantitative estimate of drug-likeness (QED) is 0.804. The van der Waals surface area contributed by atoms with Crippen molar-refractivity contribution >= 4 is 17.6 Å². The zero-order valence-corrected chi connectivity index (χ0v) is 10.3. The number of esters is 1. The minimum atomic E-state index is -0.754. The molecule has 0 aliphatic rings. The Balaban J connectivity index is 2.36. The fourth-order valence-electron chi connectivity index (χ4n) is 1.44. The van der Waals surface area contributed by atoms with Crippen molar-refractivity contribution in [3.8, 4) is 5.69 Å². The number of carbonyl (C=O) groups excluding carboxylic acids is 1. The Labute approximate surface area is 108 Å². The molecular weight excluding hydrogens is 259 g/mol. The third kappa shape index (κ3) is 2.36. The predicted octanol–water partition coefficient (Wildman–Crippen LogP) is 2.84. The highest BCUT2D eigenvalue weighted by atomic mass is 35.5. The molecule has 0 radical (unpaired) electrons. The van der Waals surface area contributed by atoms with Crippen molar-refractivity contribution in [2.45, 2.75) is 6.92 Å². The summed E-state index contributed by atoms with van der Waals surface area (Å²) in [6.45, 7) is 1.84. The number of carbonyl (C=O) groups is 1. The van der Waals surface area contributed by atoms with E-state index in [2.05, 4.69) is 5.10 Å². The Morgan fingerprint density at radius 3 is 2.72 bits per heavy atom. The second-order valence-corrected chi connectivity index (χ2v) is 3.89. The molecule has 0 fully saturated rings. The lowest BCUT2D eigenvalue weighted by atomic mass is 10.3. The molecule has 6 heteroatoms. The van der Waals surface area contributed by atoms with Crippen LogP contribution in [0.1, 0.15) is 17.3 Å². The van der Waals surface area contributed by atoms with Gasteiger partial charge in [-0.15, -0.1) is 0 Å². The second-order valence-electron chi connectivity index (χ2n) is 3.46. The Hall–Kier alpha value is -1.88. The molecule has 0 saturated heterocycles. The van der Waals surface area contributed by atoms with Crippen LogP contribution >= 0.6 is 11.6 Å². The highest BCUT2D eigenvalue weighted by Crippen LogP contribution is 2.16. The van der Waals surface area contributed by atoms with Gasteiger partial charge in [0, 0.05) is 5.02 Å². The Kier molecular flexibility index (Phi) is 3.62. The van der Waals surface area contributed by atoms with Crippen LogP contribution in [0.15, 0.2) is 30.5 Å². The summed E-state index contributed by atoms with van der Waals surface area (Å²) in [5, 5.41) is 4.36. The number of halogens is 2. The van der Waals surface area contributed by atoms with E-state index < -0.39 is 11.9 Å². The SMILES string of the molecule is CCOC(=O)c1cnn(-c2ccc(Cl)cc2)c1F. The van der Waals surface area contributed by atoms with Gasteiger partial charge >= 0.3 is 5.97 Å². The summed E-state index contributed by atoms with van der Waals surface area (Å²) < 4.78 is 19.7. The van der Waals surface area contributed by atoms with Gasteiger partial charge in [-0.1, -0.05) is 11.6 Å². The molecule has 1 heterocycles. The molecule has 0 aliphatic heterocycles. The largest absolute Gasteiger partial charge is 0.462 e. The van der Waals surface area contributed by atoms with Crippen molar-refractivity contribution in [3.63, 3.8) is 0 Å². The Morgan fingerprint density at radius 2 is 2.11 bits per heavy atom. The van der Waals surface area contributed by atoms with Crippen LogP contribution in [0.2, 0.25) is 5.02 Å². The van der Waals surface area contributed by atoms with E-state index in [-0.39, 0.29) is 12.2 Å². The lowest BCUT2D eigenvalue weighted by Gasteiger charge is -2.02. The number of ether oxygens (including phenoxy) is 1. The van der Waals surface area contributed by atoms with Crippen LogP contribution < -0.4 is 0 Å². The molecule has 0 bridgehead atoms. The summed E-state index contributed by atoms with van der Waals surface area (Å²) in [5.74, 6) is -1.48. The maximum Gasteiger partial charge on any atom is 0.344 e. The molecule has 0 aliphatic carbocycles. The van der Waals surface area contributed by atoms with E-state index in [1.165, 1.54) is 0 Å². The third-order valence-electron chi connectivity index (χ3n) is 2.28. The summed E-state index contributed by atoms with van der Waals surface area (Å²) in [4.78, 5) is 11.4. The molecule has 0 amide bonds. The van der Waals surface area contributed by atoms with E-state index in [1.54, 1.807) is 31.2 Å². The zero-order valence-electron chi connectivity index (χ0n) is 9.56. The van der Waals surface area contributed by atoms with Gasteiger partial charge in [0.1, 0.15) is 5.56 Å². The summed E-state index contributed by atoms with van der Waals surface area (Å²) >= 11 is 5.74. The van der Waals surface area contributed by atoms with E-state index in [1.807, 2.05) is 0 Å². The minimum absolute atomic E-state index is 0.185. The zero-order chi connectivity index (χ0) is 13.1. The van der Waals surface area contributed by atoms with Crippen LogP contribution in [0.3, 0.4) is 0 Å². The maximum absolute atomic E-state index is 14.0. The molecule has 1 aromatic heterocycles. The van der Waals surface area contributed by atoms with Crippen LogP contribution in [0.5, 0.6) is 0 Å². The van der Waals surface area contributed by atoms with Crippen LogP contribution in [0.25, 0.3) is 5.69 Å². The molecule has 0 spiro atoms. The van der Waals surface area contributed by atoms with E-state index in [0.717, 1.165) is 10.9 Å². The number of benzene rings is 1. The first-order valence-corrected chi connectivity index (χ1v) is 5.68. The molecule has 2 rings (SSSR count). The molecule has 18 heavy (non-hydrogen) atoms. The van der Waals surface area contributed by atoms with Gasteiger partial charge in [0.05, 0.1) is 18.5 Å². The number of nitrogens with zero attached hydrogens (tertiary/aromatic N) is 2. The van der Waals surface area contributed by atoms with Gasteiger partial charge in [-0.2, -0.15) is 9.49 Å². The molecule has 0 N–H and O–H groups in total. The first-order chi connectivity index (χ1) is 8.63. The smallest absolute Gasteiger partial charge is 0.344 e. The van der Waals surface area contributed by atoms with Crippen LogP contribution in [-0.4, -0.2) is 22.4 Å². The Morgan fingerprint density at radius 1 is 1.44 bits per heavy atom. The van der Waals surface area contributed by atoms with Crippen molar-refractivity contribution in [2.24, 2.45) is 0 Å². The predicted molar refractivity (Wildman–Crippen MR) is 64.5 cm³/mol. The fourth-order valence-corrected chi connectivity index (χ4v) is 1.57. The van der Waals surface area contributed by atoms with Gasteiger partial charge in [-0.25, -0.2) is 9.48 Å². The Bertz CT molecular complexity index is 566. The third-order valence-corrected chi connectivity index (χ3v) is 2.53. The van der Waals surface area contributed by atoms with E-state index >= 15 is 0 Å². The molecule has 0 atom stereocenters. The monoisotopic (exact) mass is 268 g/mol. The van der Waals surface area contributed by atoms with Gasteiger partial charge in [-0.05, 0) is 31.2 Å². The van der Waals surface area contributed by atoms with Crippen molar-refractivity contribution < 1.29 is 13.9 Å². The number of hydrogen-bond acceptors (Lipinski definition) is 3. The number of aromatic nitrogens is 2. The first kappa shape index (κ1) is 12.6. The molecule has 0 saturated carbocycles. The molecular formula is C12H10ClFN2O2. The van der Waals surface area contributed by atoms with Crippen LogP contribution in [-0.2, 0) is 4.74 Å². The van der Waals surface area contributed by atoms with E-state index in [4.69, 9.17) is 16.3 Å². The fraction of sp³-hybridized carbons (Fsp3) is 0.167. The summed E-state index contributed by atoms with van der Waals surface area (Å²) in [6, 6.07) is 6.44. The average molecular weight is 269 g/mol. The van der Waals surface area contributed by atoms with E-state index in [9.17, 15) is 9.18 Å². The van der Waals surface area contributed by atoms with Crippen molar-refractivity contribution in [2.75, 3.05) is 6.61 Å². The number of hydrogen-bond donors (Lipinski definition) is 0. The summed E-state index contributed by atoms with van der Waals surface area (Å²) in [5.41, 5.74) is 0.291. The standard InChI is InChI=1S/C12H10ClFN2O2/c1-2-18-12(17)10-7-15-16(11(10)14)9-5-3-8(13)4-6-9/h3-7H,2H2,1H3. The summed E-state index contributed by atoms with van der Waals surface area (Å²) in [6.07, 6.45) is 1.14. The average Bonchev–Trinajstić information content (AvgIpc) is 2.73. The number of rotatable bonds is 3.